The lowest BCUT2D eigenvalue weighted by Gasteiger charge is -2.56. The van der Waals surface area contributed by atoms with E-state index in [1.165, 1.54) is 13.0 Å². The van der Waals surface area contributed by atoms with Crippen molar-refractivity contribution in [1.29, 1.82) is 0 Å². The summed E-state index contributed by atoms with van der Waals surface area (Å²) in [5.41, 5.74) is -0.313. The van der Waals surface area contributed by atoms with Crippen molar-refractivity contribution in [1.82, 2.24) is 0 Å². The summed E-state index contributed by atoms with van der Waals surface area (Å²) >= 11 is 0. The van der Waals surface area contributed by atoms with Crippen LogP contribution < -0.4 is 0 Å². The highest BCUT2D eigenvalue weighted by atomic mass is 19.4. The summed E-state index contributed by atoms with van der Waals surface area (Å²) < 4.78 is 57.8. The second-order valence-electron chi connectivity index (χ2n) is 11.1. The van der Waals surface area contributed by atoms with Gasteiger partial charge in [0.2, 0.25) is 5.76 Å². The van der Waals surface area contributed by atoms with Gasteiger partial charge in [-0.05, 0) is 73.3 Å². The van der Waals surface area contributed by atoms with Gasteiger partial charge in [0.1, 0.15) is 11.9 Å². The predicted molar refractivity (Wildman–Crippen MR) is 123 cm³/mol. The van der Waals surface area contributed by atoms with Crippen molar-refractivity contribution in [2.24, 2.45) is 28.6 Å². The van der Waals surface area contributed by atoms with E-state index in [0.29, 0.717) is 0 Å². The minimum Gasteiger partial charge on any atom is -0.462 e. The molecule has 0 aromatic rings. The molecular weight excluding hydrogens is 477 g/mol. The van der Waals surface area contributed by atoms with Crippen LogP contribution in [0.4, 0.5) is 13.2 Å². The topological polar surface area (TPSA) is 78.9 Å². The quantitative estimate of drug-likeness (QED) is 0.266. The van der Waals surface area contributed by atoms with E-state index < -0.39 is 29.3 Å². The van der Waals surface area contributed by atoms with Crippen LogP contribution >= 0.6 is 0 Å². The Kier molecular flexibility index (Phi) is 6.67. The van der Waals surface area contributed by atoms with E-state index in [9.17, 15) is 27.6 Å². The normalized spacial score (nSPS) is 36.9. The molecule has 4 rings (SSSR count). The average molecular weight is 511 g/mol. The van der Waals surface area contributed by atoms with E-state index in [1.807, 2.05) is 13.0 Å². The molecule has 6 atom stereocenters. The zero-order valence-corrected chi connectivity index (χ0v) is 21.3. The van der Waals surface area contributed by atoms with Crippen molar-refractivity contribution in [3.8, 4) is 0 Å². The number of hydrogen-bond acceptors (Lipinski definition) is 6. The number of hydrogen-bond donors (Lipinski definition) is 0. The molecule has 0 unspecified atom stereocenters. The highest BCUT2D eigenvalue weighted by Gasteiger charge is 2.60. The maximum absolute atomic E-state index is 14.1. The van der Waals surface area contributed by atoms with E-state index in [1.54, 1.807) is 0 Å². The van der Waals surface area contributed by atoms with Gasteiger partial charge in [-0.1, -0.05) is 19.9 Å². The lowest BCUT2D eigenvalue weighted by molar-refractivity contribution is -0.159. The second kappa shape index (κ2) is 9.06. The fraction of sp³-hybridized carbons (Fsp3) is 0.667. The Bertz CT molecular complexity index is 1070. The molecule has 198 valence electrons. The van der Waals surface area contributed by atoms with Gasteiger partial charge >= 0.3 is 24.1 Å². The molecule has 0 saturated heterocycles. The third kappa shape index (κ3) is 4.50. The van der Waals surface area contributed by atoms with E-state index >= 15 is 0 Å². The Balaban J connectivity index is 1.78. The van der Waals surface area contributed by atoms with Crippen LogP contribution in [-0.4, -0.2) is 30.2 Å². The molecule has 9 heteroatoms. The van der Waals surface area contributed by atoms with Crippen LogP contribution in [0.3, 0.4) is 0 Å². The molecule has 0 N–H and O–H groups in total. The molecular formula is C27H33F3O6. The number of rotatable bonds is 3. The Labute approximate surface area is 208 Å². The molecule has 0 heterocycles. The minimum absolute atomic E-state index is 0.0714. The number of carbonyl (C=O) groups is 3. The molecule has 0 bridgehead atoms. The van der Waals surface area contributed by atoms with Crippen LogP contribution in [0.25, 0.3) is 0 Å². The Morgan fingerprint density at radius 3 is 2.25 bits per heavy atom. The SMILES string of the molecule is CC(=O)OC1=CC2=CC[C@H]3[C@@H]4CC[C@H](OC(C)=O)[C@@]4(C)CC[C@@H]3[C@@]2(C)C/C1=C(\OC(C)=O)C(F)(F)F. The smallest absolute Gasteiger partial charge is 0.450 e. The summed E-state index contributed by atoms with van der Waals surface area (Å²) in [6.07, 6.45) is 2.38. The molecule has 6 nitrogen and oxygen atoms in total. The van der Waals surface area contributed by atoms with Gasteiger partial charge in [0.05, 0.1) is 0 Å². The van der Waals surface area contributed by atoms with Crippen LogP contribution in [0, 0.1) is 28.6 Å². The highest BCUT2D eigenvalue weighted by molar-refractivity contribution is 5.70. The molecule has 2 fully saturated rings. The molecule has 0 aromatic carbocycles. The lowest BCUT2D eigenvalue weighted by atomic mass is 9.48. The van der Waals surface area contributed by atoms with Gasteiger partial charge in [-0.3, -0.25) is 14.4 Å². The van der Waals surface area contributed by atoms with E-state index in [2.05, 4.69) is 11.7 Å². The van der Waals surface area contributed by atoms with Gasteiger partial charge in [-0.25, -0.2) is 0 Å². The first-order chi connectivity index (χ1) is 16.7. The Hall–Kier alpha value is -2.58. The molecule has 0 amide bonds. The largest absolute Gasteiger partial charge is 0.462 e. The van der Waals surface area contributed by atoms with Crippen LogP contribution in [0.1, 0.15) is 73.1 Å². The fourth-order valence-corrected chi connectivity index (χ4v) is 7.48. The van der Waals surface area contributed by atoms with Crippen LogP contribution in [-0.2, 0) is 28.6 Å². The Morgan fingerprint density at radius 1 is 0.972 bits per heavy atom. The maximum atomic E-state index is 14.1. The lowest BCUT2D eigenvalue weighted by Crippen LogP contribution is -2.51. The number of alkyl halides is 3. The van der Waals surface area contributed by atoms with E-state index in [0.717, 1.165) is 51.5 Å². The third-order valence-corrected chi connectivity index (χ3v) is 8.91. The summed E-state index contributed by atoms with van der Waals surface area (Å²) in [5, 5.41) is 0. The Morgan fingerprint density at radius 2 is 1.67 bits per heavy atom. The van der Waals surface area contributed by atoms with Gasteiger partial charge in [-0.15, -0.1) is 0 Å². The number of ether oxygens (including phenoxy) is 3. The van der Waals surface area contributed by atoms with E-state index in [4.69, 9.17) is 9.47 Å². The van der Waals surface area contributed by atoms with Crippen molar-refractivity contribution < 1.29 is 41.8 Å². The van der Waals surface area contributed by atoms with Gasteiger partial charge in [0, 0.05) is 31.8 Å². The molecule has 0 radical (unpaired) electrons. The minimum atomic E-state index is -4.94. The zero-order valence-electron chi connectivity index (χ0n) is 21.3. The first-order valence-corrected chi connectivity index (χ1v) is 12.4. The first kappa shape index (κ1) is 26.5. The van der Waals surface area contributed by atoms with Gasteiger partial charge in [-0.2, -0.15) is 13.2 Å². The summed E-state index contributed by atoms with van der Waals surface area (Å²) in [6, 6.07) is 0. The van der Waals surface area contributed by atoms with Gasteiger partial charge < -0.3 is 14.2 Å². The van der Waals surface area contributed by atoms with Gasteiger partial charge in [0.15, 0.2) is 0 Å². The molecule has 0 aromatic heterocycles. The van der Waals surface area contributed by atoms with Crippen LogP contribution in [0.15, 0.2) is 34.8 Å². The van der Waals surface area contributed by atoms with Crippen molar-refractivity contribution in [3.05, 3.63) is 34.8 Å². The van der Waals surface area contributed by atoms with Gasteiger partial charge in [0.25, 0.3) is 0 Å². The standard InChI is InChI=1S/C27H33F3O6/c1-14(31)34-22-12-17-6-7-18-20-8-9-23(35-15(2)32)25(20,4)11-10-21(18)26(17,5)13-19(22)24(27(28,29)30)36-16(3)33/h6,12,18,20-21,23H,7-11,13H2,1-5H3/b24-19+/t18-,20-,21-,23-,25-,26-/m0/s1. The molecule has 36 heavy (non-hydrogen) atoms. The number of allylic oxidation sites excluding steroid dienone is 5. The fourth-order valence-electron chi connectivity index (χ4n) is 7.48. The van der Waals surface area contributed by atoms with Crippen molar-refractivity contribution in [2.75, 3.05) is 0 Å². The highest BCUT2D eigenvalue weighted by Crippen LogP contribution is 2.65. The average Bonchev–Trinajstić information content (AvgIpc) is 3.06. The monoisotopic (exact) mass is 510 g/mol. The molecule has 2 saturated carbocycles. The summed E-state index contributed by atoms with van der Waals surface area (Å²) in [4.78, 5) is 35.1. The maximum Gasteiger partial charge on any atom is 0.450 e. The summed E-state index contributed by atoms with van der Waals surface area (Å²) in [5.74, 6) is -3.24. The molecule has 0 aliphatic heterocycles. The van der Waals surface area contributed by atoms with E-state index in [-0.39, 0.29) is 53.0 Å². The van der Waals surface area contributed by atoms with Crippen molar-refractivity contribution in [3.63, 3.8) is 0 Å². The molecule has 4 aliphatic carbocycles. The van der Waals surface area contributed by atoms with Crippen molar-refractivity contribution >= 4 is 17.9 Å². The summed E-state index contributed by atoms with van der Waals surface area (Å²) in [6.45, 7) is 7.58. The van der Waals surface area contributed by atoms with Crippen LogP contribution in [0.5, 0.6) is 0 Å². The number of carbonyl (C=O) groups excluding carboxylic acids is 3. The number of esters is 3. The second-order valence-corrected chi connectivity index (χ2v) is 11.1. The first-order valence-electron chi connectivity index (χ1n) is 12.4. The number of halogens is 3. The zero-order chi connectivity index (χ0) is 26.6. The van der Waals surface area contributed by atoms with Crippen molar-refractivity contribution in [2.45, 2.75) is 85.4 Å². The molecule has 0 spiro atoms. The number of fused-ring (bicyclic) bond motifs is 5. The summed E-state index contributed by atoms with van der Waals surface area (Å²) in [7, 11) is 0. The molecule has 4 aliphatic rings. The third-order valence-electron chi connectivity index (χ3n) is 8.91. The predicted octanol–water partition coefficient (Wildman–Crippen LogP) is 5.93. The van der Waals surface area contributed by atoms with Crippen LogP contribution in [0.2, 0.25) is 0 Å².